The highest BCUT2D eigenvalue weighted by Crippen LogP contribution is 2.12. The molecule has 2 atom stereocenters. The van der Waals surface area contributed by atoms with E-state index < -0.39 is 0 Å². The van der Waals surface area contributed by atoms with Crippen molar-refractivity contribution in [2.45, 2.75) is 31.8 Å². The van der Waals surface area contributed by atoms with E-state index in [0.717, 1.165) is 12.8 Å². The molecule has 1 heterocycles. The van der Waals surface area contributed by atoms with Crippen molar-refractivity contribution in [3.05, 3.63) is 0 Å². The molecule has 1 saturated heterocycles. The van der Waals surface area contributed by atoms with Crippen LogP contribution >= 0.6 is 0 Å². The summed E-state index contributed by atoms with van der Waals surface area (Å²) in [6.45, 7) is 1.80. The number of hydrogen-bond acceptors (Lipinski definition) is 3. The Morgan fingerprint density at radius 2 is 2.33 bits per heavy atom. The fraction of sp³-hybridized carbons (Fsp3) is 0.667. The van der Waals surface area contributed by atoms with Crippen LogP contribution in [-0.4, -0.2) is 25.2 Å². The molecule has 3 nitrogen and oxygen atoms in total. The summed E-state index contributed by atoms with van der Waals surface area (Å²) in [5.41, 5.74) is 0. The third-order valence-electron chi connectivity index (χ3n) is 1.95. The molecule has 0 aromatic rings. The quantitative estimate of drug-likeness (QED) is 0.451. The van der Waals surface area contributed by atoms with Crippen LogP contribution in [0.25, 0.3) is 0 Å². The fourth-order valence-electron chi connectivity index (χ4n) is 1.36. The van der Waals surface area contributed by atoms with Crippen LogP contribution < -0.4 is 5.32 Å². The maximum atomic E-state index is 11.0. The van der Waals surface area contributed by atoms with Crippen LogP contribution in [0.1, 0.15) is 19.8 Å². The van der Waals surface area contributed by atoms with Crippen LogP contribution in [0, 0.1) is 11.8 Å². The zero-order valence-corrected chi connectivity index (χ0v) is 7.39. The zero-order chi connectivity index (χ0) is 8.97. The third-order valence-corrected chi connectivity index (χ3v) is 1.95. The van der Waals surface area contributed by atoms with Crippen molar-refractivity contribution >= 4 is 5.97 Å². The summed E-state index contributed by atoms with van der Waals surface area (Å²) >= 11 is 0. The molecule has 0 spiro atoms. The van der Waals surface area contributed by atoms with Gasteiger partial charge >= 0.3 is 5.97 Å². The Kier molecular flexibility index (Phi) is 3.12. The third kappa shape index (κ3) is 1.99. The van der Waals surface area contributed by atoms with Gasteiger partial charge in [0.2, 0.25) is 0 Å². The largest absolute Gasteiger partial charge is 0.468 e. The second-order valence-electron chi connectivity index (χ2n) is 2.77. The van der Waals surface area contributed by atoms with Gasteiger partial charge in [-0.1, -0.05) is 5.92 Å². The molecule has 0 aromatic heterocycles. The Morgan fingerprint density at radius 1 is 1.58 bits per heavy atom. The summed E-state index contributed by atoms with van der Waals surface area (Å²) in [7, 11) is 1.41. The maximum absolute atomic E-state index is 11.0. The maximum Gasteiger partial charge on any atom is 0.322 e. The molecule has 1 aliphatic rings. The van der Waals surface area contributed by atoms with Gasteiger partial charge in [0.15, 0.2) is 0 Å². The molecule has 1 rings (SSSR count). The van der Waals surface area contributed by atoms with Gasteiger partial charge in [-0.15, -0.1) is 5.92 Å². The first-order valence-corrected chi connectivity index (χ1v) is 4.04. The molecule has 0 saturated carbocycles. The minimum absolute atomic E-state index is 0.152. The van der Waals surface area contributed by atoms with Gasteiger partial charge in [-0.3, -0.25) is 10.1 Å². The predicted octanol–water partition coefficient (Wildman–Crippen LogP) is 0.303. The minimum atomic E-state index is -0.185. The lowest BCUT2D eigenvalue weighted by Crippen LogP contribution is -2.35. The molecule has 12 heavy (non-hydrogen) atoms. The second kappa shape index (κ2) is 4.13. The van der Waals surface area contributed by atoms with E-state index >= 15 is 0 Å². The number of hydrogen-bond donors (Lipinski definition) is 1. The van der Waals surface area contributed by atoms with Crippen LogP contribution in [0.15, 0.2) is 0 Å². The molecule has 3 heteroatoms. The first-order valence-electron chi connectivity index (χ1n) is 4.04. The molecule has 0 bridgehead atoms. The van der Waals surface area contributed by atoms with E-state index in [1.807, 2.05) is 0 Å². The van der Waals surface area contributed by atoms with E-state index in [4.69, 9.17) is 0 Å². The first-order chi connectivity index (χ1) is 5.77. The lowest BCUT2D eigenvalue weighted by atomic mass is 10.2. The van der Waals surface area contributed by atoms with E-state index in [0.29, 0.717) is 0 Å². The Labute approximate surface area is 72.5 Å². The normalized spacial score (nSPS) is 27.5. The average molecular weight is 167 g/mol. The molecule has 1 aliphatic heterocycles. The summed E-state index contributed by atoms with van der Waals surface area (Å²) in [5.74, 6) is 5.62. The number of carbonyl (C=O) groups is 1. The first kappa shape index (κ1) is 9.08. The minimum Gasteiger partial charge on any atom is -0.468 e. The van der Waals surface area contributed by atoms with Gasteiger partial charge < -0.3 is 4.74 Å². The molecule has 0 aromatic carbocycles. The van der Waals surface area contributed by atoms with Gasteiger partial charge in [-0.2, -0.15) is 0 Å². The Morgan fingerprint density at radius 3 is 2.92 bits per heavy atom. The molecule has 0 radical (unpaired) electrons. The average Bonchev–Trinajstić information content (AvgIpc) is 2.52. The molecular formula is C9H13NO2. The summed E-state index contributed by atoms with van der Waals surface area (Å²) < 4.78 is 4.61. The summed E-state index contributed by atoms with van der Waals surface area (Å²) in [4.78, 5) is 11.0. The van der Waals surface area contributed by atoms with E-state index in [1.165, 1.54) is 7.11 Å². The molecule has 66 valence electrons. The topological polar surface area (TPSA) is 38.3 Å². The smallest absolute Gasteiger partial charge is 0.322 e. The summed E-state index contributed by atoms with van der Waals surface area (Å²) in [5, 5.41) is 3.09. The zero-order valence-electron chi connectivity index (χ0n) is 7.39. The van der Waals surface area contributed by atoms with Crippen molar-refractivity contribution in [2.75, 3.05) is 7.11 Å². The molecule has 0 amide bonds. The molecule has 0 unspecified atom stereocenters. The molecule has 1 N–H and O–H groups in total. The number of ether oxygens (including phenoxy) is 1. The van der Waals surface area contributed by atoms with Crippen molar-refractivity contribution in [1.29, 1.82) is 0 Å². The Balaban J connectivity index is 2.43. The molecular weight excluding hydrogens is 154 g/mol. The standard InChI is InChI=1S/C9H13NO2/c1-3-4-7-5-6-8(10-7)9(11)12-2/h7-8,10H,5-6H2,1-2H3/t7-,8-/m0/s1. The van der Waals surface area contributed by atoms with Crippen molar-refractivity contribution in [2.24, 2.45) is 0 Å². The predicted molar refractivity (Wildman–Crippen MR) is 45.4 cm³/mol. The number of carbonyl (C=O) groups excluding carboxylic acids is 1. The van der Waals surface area contributed by atoms with Crippen molar-refractivity contribution in [3.63, 3.8) is 0 Å². The van der Waals surface area contributed by atoms with Crippen LogP contribution in [0.2, 0.25) is 0 Å². The van der Waals surface area contributed by atoms with Gasteiger partial charge in [0.25, 0.3) is 0 Å². The highest BCUT2D eigenvalue weighted by Gasteiger charge is 2.28. The van der Waals surface area contributed by atoms with Gasteiger partial charge in [-0.25, -0.2) is 0 Å². The molecule has 1 fully saturated rings. The van der Waals surface area contributed by atoms with Crippen LogP contribution in [0.4, 0.5) is 0 Å². The number of nitrogens with one attached hydrogen (secondary N) is 1. The summed E-state index contributed by atoms with van der Waals surface area (Å²) in [6, 6.07) is 0.0138. The Bertz CT molecular complexity index is 226. The lowest BCUT2D eigenvalue weighted by molar-refractivity contribution is -0.142. The van der Waals surface area contributed by atoms with E-state index in [2.05, 4.69) is 21.9 Å². The van der Waals surface area contributed by atoms with Crippen molar-refractivity contribution in [3.8, 4) is 11.8 Å². The highest BCUT2D eigenvalue weighted by molar-refractivity contribution is 5.76. The fourth-order valence-corrected chi connectivity index (χ4v) is 1.36. The van der Waals surface area contributed by atoms with Crippen molar-refractivity contribution in [1.82, 2.24) is 5.32 Å². The SMILES string of the molecule is CC#C[C@H]1CC[C@@H](C(=O)OC)N1. The Hall–Kier alpha value is -1.01. The van der Waals surface area contributed by atoms with E-state index in [9.17, 15) is 4.79 Å². The lowest BCUT2D eigenvalue weighted by Gasteiger charge is -2.07. The van der Waals surface area contributed by atoms with Gasteiger partial charge in [0.05, 0.1) is 13.2 Å². The molecule has 0 aliphatic carbocycles. The van der Waals surface area contributed by atoms with Gasteiger partial charge in [-0.05, 0) is 19.8 Å². The number of rotatable bonds is 1. The summed E-state index contributed by atoms with van der Waals surface area (Å²) in [6.07, 6.45) is 1.76. The second-order valence-corrected chi connectivity index (χ2v) is 2.77. The highest BCUT2D eigenvalue weighted by atomic mass is 16.5. The monoisotopic (exact) mass is 167 g/mol. The van der Waals surface area contributed by atoms with Crippen LogP contribution in [0.3, 0.4) is 0 Å². The van der Waals surface area contributed by atoms with Crippen LogP contribution in [-0.2, 0) is 9.53 Å². The number of esters is 1. The van der Waals surface area contributed by atoms with E-state index in [-0.39, 0.29) is 18.1 Å². The van der Waals surface area contributed by atoms with Gasteiger partial charge in [0.1, 0.15) is 6.04 Å². The van der Waals surface area contributed by atoms with Crippen molar-refractivity contribution < 1.29 is 9.53 Å². The van der Waals surface area contributed by atoms with Gasteiger partial charge in [0, 0.05) is 0 Å². The van der Waals surface area contributed by atoms with Crippen LogP contribution in [0.5, 0.6) is 0 Å². The van der Waals surface area contributed by atoms with E-state index in [1.54, 1.807) is 6.92 Å². The number of methoxy groups -OCH3 is 1.